The minimum absolute atomic E-state index is 0.0769. The lowest BCUT2D eigenvalue weighted by atomic mass is 9.93. The third-order valence-electron chi connectivity index (χ3n) is 4.04. The first-order valence-electron chi connectivity index (χ1n) is 7.47. The van der Waals surface area contributed by atoms with Gasteiger partial charge in [-0.1, -0.05) is 6.92 Å². The average molecular weight is 296 g/mol. The summed E-state index contributed by atoms with van der Waals surface area (Å²) >= 11 is 0. The standard InChI is InChI=1S/C16H22F2N2O/c1-4-19-15-13(17)8-12(9-14(15)18)16(21)20-6-5-10(2)7-11(20)3/h8-11,19H,4-7H2,1-3H3. The lowest BCUT2D eigenvalue weighted by Crippen LogP contribution is -2.44. The van der Waals surface area contributed by atoms with Gasteiger partial charge in [0, 0.05) is 24.7 Å². The van der Waals surface area contributed by atoms with Crippen molar-refractivity contribution in [2.45, 2.75) is 39.7 Å². The molecule has 2 unspecified atom stereocenters. The molecule has 0 radical (unpaired) electrons. The predicted molar refractivity (Wildman–Crippen MR) is 79.4 cm³/mol. The zero-order valence-corrected chi connectivity index (χ0v) is 12.7. The number of carbonyl (C=O) groups excluding carboxylic acids is 1. The highest BCUT2D eigenvalue weighted by Crippen LogP contribution is 2.26. The van der Waals surface area contributed by atoms with Crippen LogP contribution >= 0.6 is 0 Å². The van der Waals surface area contributed by atoms with E-state index in [1.807, 2.05) is 6.92 Å². The Bertz CT molecular complexity index is 510. The molecule has 1 amide bonds. The molecule has 2 rings (SSSR count). The van der Waals surface area contributed by atoms with Crippen LogP contribution < -0.4 is 5.32 Å². The molecular weight excluding hydrogens is 274 g/mol. The first-order valence-corrected chi connectivity index (χ1v) is 7.47. The van der Waals surface area contributed by atoms with Crippen molar-refractivity contribution in [1.82, 2.24) is 4.90 Å². The Morgan fingerprint density at radius 1 is 1.33 bits per heavy atom. The van der Waals surface area contributed by atoms with Gasteiger partial charge in [0.25, 0.3) is 5.91 Å². The number of hydrogen-bond acceptors (Lipinski definition) is 2. The van der Waals surface area contributed by atoms with Gasteiger partial charge in [0.2, 0.25) is 0 Å². The fourth-order valence-corrected chi connectivity index (χ4v) is 2.92. The van der Waals surface area contributed by atoms with Crippen molar-refractivity contribution in [3.05, 3.63) is 29.3 Å². The summed E-state index contributed by atoms with van der Waals surface area (Å²) in [5.41, 5.74) is -0.0950. The van der Waals surface area contributed by atoms with Gasteiger partial charge in [-0.3, -0.25) is 4.79 Å². The van der Waals surface area contributed by atoms with E-state index in [4.69, 9.17) is 0 Å². The highest BCUT2D eigenvalue weighted by atomic mass is 19.1. The minimum Gasteiger partial charge on any atom is -0.381 e. The maximum atomic E-state index is 13.9. The molecule has 1 aliphatic heterocycles. The quantitative estimate of drug-likeness (QED) is 0.923. The van der Waals surface area contributed by atoms with Gasteiger partial charge >= 0.3 is 0 Å². The third kappa shape index (κ3) is 3.34. The van der Waals surface area contributed by atoms with Crippen molar-refractivity contribution >= 4 is 11.6 Å². The zero-order valence-electron chi connectivity index (χ0n) is 12.7. The van der Waals surface area contributed by atoms with Crippen LogP contribution in [0.2, 0.25) is 0 Å². The van der Waals surface area contributed by atoms with E-state index in [2.05, 4.69) is 12.2 Å². The topological polar surface area (TPSA) is 32.3 Å². The smallest absolute Gasteiger partial charge is 0.254 e. The van der Waals surface area contributed by atoms with Crippen LogP contribution in [-0.2, 0) is 0 Å². The minimum atomic E-state index is -0.724. The lowest BCUT2D eigenvalue weighted by molar-refractivity contribution is 0.0587. The molecule has 0 aromatic heterocycles. The monoisotopic (exact) mass is 296 g/mol. The maximum Gasteiger partial charge on any atom is 0.254 e. The molecule has 21 heavy (non-hydrogen) atoms. The highest BCUT2D eigenvalue weighted by molar-refractivity contribution is 5.95. The number of hydrogen-bond donors (Lipinski definition) is 1. The number of carbonyl (C=O) groups is 1. The summed E-state index contributed by atoms with van der Waals surface area (Å²) < 4.78 is 27.8. The van der Waals surface area contributed by atoms with Crippen molar-refractivity contribution in [3.63, 3.8) is 0 Å². The summed E-state index contributed by atoms with van der Waals surface area (Å²) in [4.78, 5) is 14.2. The number of nitrogens with zero attached hydrogens (tertiary/aromatic N) is 1. The summed E-state index contributed by atoms with van der Waals surface area (Å²) in [6.45, 7) is 6.95. The SMILES string of the molecule is CCNc1c(F)cc(C(=O)N2CCC(C)CC2C)cc1F. The Labute approximate surface area is 124 Å². The van der Waals surface area contributed by atoms with Gasteiger partial charge in [-0.25, -0.2) is 8.78 Å². The second-order valence-corrected chi connectivity index (χ2v) is 5.82. The van der Waals surface area contributed by atoms with E-state index in [9.17, 15) is 13.6 Å². The first kappa shape index (κ1) is 15.7. The summed E-state index contributed by atoms with van der Waals surface area (Å²) in [5, 5.41) is 2.63. The van der Waals surface area contributed by atoms with Crippen LogP contribution in [0.5, 0.6) is 0 Å². The van der Waals surface area contributed by atoms with Crippen molar-refractivity contribution in [2.24, 2.45) is 5.92 Å². The summed E-state index contributed by atoms with van der Waals surface area (Å²) in [6.07, 6.45) is 1.85. The van der Waals surface area contributed by atoms with E-state index in [1.54, 1.807) is 11.8 Å². The molecule has 5 heteroatoms. The highest BCUT2D eigenvalue weighted by Gasteiger charge is 2.28. The number of anilines is 1. The van der Waals surface area contributed by atoms with Crippen LogP contribution in [0.3, 0.4) is 0 Å². The number of benzene rings is 1. The molecule has 1 aromatic carbocycles. The van der Waals surface area contributed by atoms with E-state index in [-0.39, 0.29) is 23.2 Å². The molecule has 1 fully saturated rings. The third-order valence-corrected chi connectivity index (χ3v) is 4.04. The van der Waals surface area contributed by atoms with E-state index in [0.717, 1.165) is 25.0 Å². The molecule has 0 spiro atoms. The molecule has 116 valence electrons. The van der Waals surface area contributed by atoms with Gasteiger partial charge in [-0.15, -0.1) is 0 Å². The average Bonchev–Trinajstić information content (AvgIpc) is 2.42. The van der Waals surface area contributed by atoms with Gasteiger partial charge < -0.3 is 10.2 Å². The zero-order chi connectivity index (χ0) is 15.6. The van der Waals surface area contributed by atoms with Crippen LogP contribution in [0.15, 0.2) is 12.1 Å². The first-order chi connectivity index (χ1) is 9.93. The van der Waals surface area contributed by atoms with Crippen molar-refractivity contribution in [1.29, 1.82) is 0 Å². The molecule has 1 aromatic rings. The largest absolute Gasteiger partial charge is 0.381 e. The lowest BCUT2D eigenvalue weighted by Gasteiger charge is -2.36. The predicted octanol–water partition coefficient (Wildman–Crippen LogP) is 3.66. The Morgan fingerprint density at radius 2 is 1.95 bits per heavy atom. The Balaban J connectivity index is 2.23. The number of rotatable bonds is 3. The number of likely N-dealkylation sites (tertiary alicyclic amines) is 1. The molecule has 3 nitrogen and oxygen atoms in total. The van der Waals surface area contributed by atoms with Gasteiger partial charge in [0.05, 0.1) is 0 Å². The Morgan fingerprint density at radius 3 is 2.48 bits per heavy atom. The van der Waals surface area contributed by atoms with Gasteiger partial charge in [-0.05, 0) is 44.7 Å². The van der Waals surface area contributed by atoms with Crippen LogP contribution in [0.1, 0.15) is 44.0 Å². The van der Waals surface area contributed by atoms with Crippen LogP contribution in [-0.4, -0.2) is 29.9 Å². The summed E-state index contributed by atoms with van der Waals surface area (Å²) in [7, 11) is 0. The normalized spacial score (nSPS) is 22.2. The Kier molecular flexibility index (Phi) is 4.80. The molecular formula is C16H22F2N2O. The van der Waals surface area contributed by atoms with Crippen molar-refractivity contribution in [2.75, 3.05) is 18.4 Å². The fraction of sp³-hybridized carbons (Fsp3) is 0.562. The van der Waals surface area contributed by atoms with Gasteiger partial charge in [-0.2, -0.15) is 0 Å². The molecule has 2 atom stereocenters. The van der Waals surface area contributed by atoms with Gasteiger partial charge in [0.15, 0.2) is 0 Å². The molecule has 0 bridgehead atoms. The van der Waals surface area contributed by atoms with Crippen LogP contribution in [0.4, 0.5) is 14.5 Å². The van der Waals surface area contributed by atoms with E-state index >= 15 is 0 Å². The second-order valence-electron chi connectivity index (χ2n) is 5.82. The number of amides is 1. The summed E-state index contributed by atoms with van der Waals surface area (Å²) in [5.74, 6) is -1.17. The number of nitrogens with one attached hydrogen (secondary N) is 1. The molecule has 1 heterocycles. The second kappa shape index (κ2) is 6.41. The van der Waals surface area contributed by atoms with Gasteiger partial charge in [0.1, 0.15) is 17.3 Å². The molecule has 1 N–H and O–H groups in total. The van der Waals surface area contributed by atoms with E-state index in [0.29, 0.717) is 19.0 Å². The van der Waals surface area contributed by atoms with Crippen LogP contribution in [0, 0.1) is 17.6 Å². The van der Waals surface area contributed by atoms with E-state index < -0.39 is 11.6 Å². The van der Waals surface area contributed by atoms with E-state index in [1.165, 1.54) is 0 Å². The Hall–Kier alpha value is -1.65. The number of piperidine rings is 1. The van der Waals surface area contributed by atoms with Crippen molar-refractivity contribution in [3.8, 4) is 0 Å². The molecule has 0 aliphatic carbocycles. The van der Waals surface area contributed by atoms with Crippen LogP contribution in [0.25, 0.3) is 0 Å². The number of halogens is 2. The molecule has 1 saturated heterocycles. The molecule has 0 saturated carbocycles. The molecule has 1 aliphatic rings. The summed E-state index contributed by atoms with van der Waals surface area (Å²) in [6, 6.07) is 2.34. The van der Waals surface area contributed by atoms with Crippen molar-refractivity contribution < 1.29 is 13.6 Å². The fourth-order valence-electron chi connectivity index (χ4n) is 2.92. The maximum absolute atomic E-state index is 13.9.